The Bertz CT molecular complexity index is 580. The molecule has 1 atom stereocenters. The van der Waals surface area contributed by atoms with Crippen molar-refractivity contribution < 1.29 is 14.3 Å². The zero-order valence-corrected chi connectivity index (χ0v) is 15.5. The Morgan fingerprint density at radius 2 is 2.25 bits per heavy atom. The topological polar surface area (TPSA) is 59.6 Å². The molecule has 1 heterocycles. The van der Waals surface area contributed by atoms with Gasteiger partial charge in [-0.25, -0.2) is 0 Å². The first-order valence-electron chi connectivity index (χ1n) is 7.82. The van der Waals surface area contributed by atoms with E-state index in [9.17, 15) is 4.79 Å². The molecule has 8 heteroatoms. The molecule has 1 amide bonds. The summed E-state index contributed by atoms with van der Waals surface area (Å²) >= 11 is 16.9. The summed E-state index contributed by atoms with van der Waals surface area (Å²) in [6.45, 7) is 1.80. The zero-order valence-electron chi connectivity index (χ0n) is 13.1. The molecule has 1 unspecified atom stereocenters. The van der Waals surface area contributed by atoms with E-state index in [4.69, 9.17) is 44.9 Å². The number of carbonyl (C=O) groups is 1. The van der Waals surface area contributed by atoms with Gasteiger partial charge in [-0.2, -0.15) is 0 Å². The maximum Gasteiger partial charge on any atom is 0.226 e. The summed E-state index contributed by atoms with van der Waals surface area (Å²) in [5.41, 5.74) is 0. The number of carbonyl (C=O) groups excluding carboxylic acids is 1. The van der Waals surface area contributed by atoms with Crippen LogP contribution in [0.4, 0.5) is 0 Å². The monoisotopic (exact) mass is 390 g/mol. The van der Waals surface area contributed by atoms with E-state index in [1.54, 1.807) is 18.2 Å². The number of hydrogen-bond donors (Lipinski definition) is 2. The molecule has 0 aliphatic carbocycles. The summed E-state index contributed by atoms with van der Waals surface area (Å²) in [7, 11) is 0. The fourth-order valence-corrected chi connectivity index (χ4v) is 2.91. The highest BCUT2D eigenvalue weighted by Crippen LogP contribution is 2.27. The van der Waals surface area contributed by atoms with Crippen LogP contribution >= 0.6 is 35.4 Å². The van der Waals surface area contributed by atoms with Crippen LogP contribution in [0.5, 0.6) is 5.75 Å². The van der Waals surface area contributed by atoms with Crippen molar-refractivity contribution in [3.8, 4) is 5.75 Å². The number of amides is 1. The normalized spacial score (nSPS) is 16.7. The molecular weight excluding hydrogens is 371 g/mol. The van der Waals surface area contributed by atoms with Gasteiger partial charge in [0.05, 0.1) is 17.7 Å². The molecular formula is C16H20Cl2N2O3S. The molecule has 1 fully saturated rings. The van der Waals surface area contributed by atoms with Gasteiger partial charge in [0.25, 0.3) is 0 Å². The van der Waals surface area contributed by atoms with Crippen LogP contribution < -0.4 is 15.4 Å². The first-order chi connectivity index (χ1) is 11.5. The van der Waals surface area contributed by atoms with Crippen molar-refractivity contribution in [2.24, 2.45) is 0 Å². The third-order valence-corrected chi connectivity index (χ3v) is 4.24. The average molecular weight is 391 g/mol. The SMILES string of the molecule is O=C(CCCOc1ccc(Cl)cc1Cl)NC(=S)NCC1CCCO1. The lowest BCUT2D eigenvalue weighted by Crippen LogP contribution is -2.42. The molecule has 2 rings (SSSR count). The third-order valence-electron chi connectivity index (χ3n) is 3.47. The van der Waals surface area contributed by atoms with Crippen LogP contribution in [0.2, 0.25) is 10.0 Å². The van der Waals surface area contributed by atoms with Crippen molar-refractivity contribution in [2.45, 2.75) is 31.8 Å². The minimum absolute atomic E-state index is 0.148. The minimum atomic E-state index is -0.148. The highest BCUT2D eigenvalue weighted by molar-refractivity contribution is 7.80. The number of rotatable bonds is 7. The summed E-state index contributed by atoms with van der Waals surface area (Å²) in [6.07, 6.45) is 3.14. The van der Waals surface area contributed by atoms with Crippen LogP contribution in [-0.4, -0.2) is 36.9 Å². The molecule has 0 radical (unpaired) electrons. The molecule has 0 saturated carbocycles. The average Bonchev–Trinajstić information content (AvgIpc) is 3.04. The maximum absolute atomic E-state index is 11.8. The van der Waals surface area contributed by atoms with Crippen molar-refractivity contribution in [3.63, 3.8) is 0 Å². The molecule has 24 heavy (non-hydrogen) atoms. The second-order valence-electron chi connectivity index (χ2n) is 5.42. The quantitative estimate of drug-likeness (QED) is 0.552. The molecule has 5 nitrogen and oxygen atoms in total. The van der Waals surface area contributed by atoms with E-state index in [2.05, 4.69) is 10.6 Å². The Kier molecular flexibility index (Phi) is 8.05. The van der Waals surface area contributed by atoms with Gasteiger partial charge in [-0.05, 0) is 49.7 Å². The zero-order chi connectivity index (χ0) is 17.4. The molecule has 0 spiro atoms. The number of thiocarbonyl (C=S) groups is 1. The smallest absolute Gasteiger partial charge is 0.226 e. The highest BCUT2D eigenvalue weighted by atomic mass is 35.5. The number of ether oxygens (including phenoxy) is 2. The molecule has 0 aromatic heterocycles. The summed E-state index contributed by atoms with van der Waals surface area (Å²) in [6, 6.07) is 5.02. The lowest BCUT2D eigenvalue weighted by molar-refractivity contribution is -0.119. The molecule has 1 saturated heterocycles. The molecule has 132 valence electrons. The van der Waals surface area contributed by atoms with Crippen LogP contribution in [0.25, 0.3) is 0 Å². The van der Waals surface area contributed by atoms with Gasteiger partial charge in [-0.3, -0.25) is 4.79 Å². The van der Waals surface area contributed by atoms with Crippen molar-refractivity contribution >= 4 is 46.4 Å². The van der Waals surface area contributed by atoms with Gasteiger partial charge in [-0.1, -0.05) is 23.2 Å². The van der Waals surface area contributed by atoms with Crippen LogP contribution in [0.3, 0.4) is 0 Å². The molecule has 1 aromatic carbocycles. The van der Waals surface area contributed by atoms with Crippen LogP contribution in [0, 0.1) is 0 Å². The van der Waals surface area contributed by atoms with Crippen molar-refractivity contribution in [1.29, 1.82) is 0 Å². The van der Waals surface area contributed by atoms with E-state index in [1.165, 1.54) is 0 Å². The van der Waals surface area contributed by atoms with E-state index in [0.29, 0.717) is 46.9 Å². The number of benzene rings is 1. The Hall–Kier alpha value is -1.08. The van der Waals surface area contributed by atoms with Gasteiger partial charge in [0.2, 0.25) is 5.91 Å². The highest BCUT2D eigenvalue weighted by Gasteiger charge is 2.15. The Morgan fingerprint density at radius 1 is 1.42 bits per heavy atom. The van der Waals surface area contributed by atoms with Gasteiger partial charge in [0.15, 0.2) is 5.11 Å². The van der Waals surface area contributed by atoms with E-state index in [0.717, 1.165) is 19.4 Å². The lowest BCUT2D eigenvalue weighted by atomic mass is 10.2. The summed E-state index contributed by atoms with van der Waals surface area (Å²) in [5.74, 6) is 0.404. The largest absolute Gasteiger partial charge is 0.492 e. The predicted octanol–water partition coefficient (Wildman–Crippen LogP) is 3.32. The van der Waals surface area contributed by atoms with E-state index in [-0.39, 0.29) is 12.0 Å². The Balaban J connectivity index is 1.58. The maximum atomic E-state index is 11.8. The van der Waals surface area contributed by atoms with Crippen LogP contribution in [0.15, 0.2) is 18.2 Å². The lowest BCUT2D eigenvalue weighted by Gasteiger charge is -2.13. The second-order valence-corrected chi connectivity index (χ2v) is 6.67. The fraction of sp³-hybridized carbons (Fsp3) is 0.500. The molecule has 1 aliphatic rings. The van der Waals surface area contributed by atoms with E-state index >= 15 is 0 Å². The van der Waals surface area contributed by atoms with E-state index in [1.807, 2.05) is 0 Å². The first kappa shape index (κ1) is 19.2. The molecule has 1 aliphatic heterocycles. The van der Waals surface area contributed by atoms with Crippen molar-refractivity contribution in [3.05, 3.63) is 28.2 Å². The van der Waals surface area contributed by atoms with Gasteiger partial charge >= 0.3 is 0 Å². The summed E-state index contributed by atoms with van der Waals surface area (Å²) in [4.78, 5) is 11.8. The molecule has 1 aromatic rings. The first-order valence-corrected chi connectivity index (χ1v) is 8.98. The Morgan fingerprint density at radius 3 is 2.96 bits per heavy atom. The van der Waals surface area contributed by atoms with Crippen LogP contribution in [-0.2, 0) is 9.53 Å². The minimum Gasteiger partial charge on any atom is -0.492 e. The second kappa shape index (κ2) is 10.0. The molecule has 2 N–H and O–H groups in total. The van der Waals surface area contributed by atoms with Crippen molar-refractivity contribution in [2.75, 3.05) is 19.8 Å². The van der Waals surface area contributed by atoms with Gasteiger partial charge < -0.3 is 20.1 Å². The van der Waals surface area contributed by atoms with Gasteiger partial charge in [0.1, 0.15) is 5.75 Å². The third kappa shape index (κ3) is 6.81. The van der Waals surface area contributed by atoms with Gasteiger partial charge in [-0.15, -0.1) is 0 Å². The van der Waals surface area contributed by atoms with E-state index < -0.39 is 0 Å². The number of nitrogens with one attached hydrogen (secondary N) is 2. The predicted molar refractivity (Wildman–Crippen MR) is 98.9 cm³/mol. The fourth-order valence-electron chi connectivity index (χ4n) is 2.25. The number of halogens is 2. The van der Waals surface area contributed by atoms with Gasteiger partial charge in [0, 0.05) is 24.6 Å². The summed E-state index contributed by atoms with van der Waals surface area (Å²) in [5, 5.41) is 6.98. The van der Waals surface area contributed by atoms with Crippen molar-refractivity contribution in [1.82, 2.24) is 10.6 Å². The molecule has 0 bridgehead atoms. The standard InChI is InChI=1S/C16H20Cl2N2O3S/c17-11-5-6-14(13(18)9-11)23-8-2-4-15(21)20-16(24)19-10-12-3-1-7-22-12/h5-6,9,12H,1-4,7-8,10H2,(H2,19,20,21,24). The Labute approximate surface area is 157 Å². The van der Waals surface area contributed by atoms with Crippen LogP contribution in [0.1, 0.15) is 25.7 Å². The summed E-state index contributed by atoms with van der Waals surface area (Å²) < 4.78 is 11.0. The number of hydrogen-bond acceptors (Lipinski definition) is 4.